The van der Waals surface area contributed by atoms with Crippen LogP contribution in [0.4, 0.5) is 0 Å². The summed E-state index contributed by atoms with van der Waals surface area (Å²) in [6.45, 7) is 12.2. The maximum Gasteiger partial charge on any atom is 0.147 e. The van der Waals surface area contributed by atoms with E-state index in [1.807, 2.05) is 18.5 Å². The van der Waals surface area contributed by atoms with Gasteiger partial charge in [-0.2, -0.15) is 5.10 Å². The molecule has 1 N–H and O–H groups in total. The van der Waals surface area contributed by atoms with Crippen LogP contribution in [-0.2, 0) is 6.54 Å². The maximum absolute atomic E-state index is 10.6. The minimum atomic E-state index is -0.257. The first-order valence-electron chi connectivity index (χ1n) is 10.0. The molecule has 2 saturated heterocycles. The van der Waals surface area contributed by atoms with E-state index >= 15 is 0 Å². The van der Waals surface area contributed by atoms with E-state index in [0.717, 1.165) is 56.8 Å². The first-order chi connectivity index (χ1) is 12.0. The standard InChI is InChI=1S/C19H35N5O/c1-15-7-10-22(11-8-15)13-19(25)14-23-9-5-4-6-18(23)12-24-17(3)20-16(2)21-24/h15,18-19,25H,4-14H2,1-3H3. The third-order valence-corrected chi connectivity index (χ3v) is 5.89. The van der Waals surface area contributed by atoms with Gasteiger partial charge in [-0.15, -0.1) is 0 Å². The lowest BCUT2D eigenvalue weighted by Crippen LogP contribution is -2.49. The first-order valence-corrected chi connectivity index (χ1v) is 10.0. The van der Waals surface area contributed by atoms with Crippen LogP contribution in [-0.4, -0.2) is 74.5 Å². The van der Waals surface area contributed by atoms with Crippen LogP contribution < -0.4 is 0 Å². The molecule has 25 heavy (non-hydrogen) atoms. The van der Waals surface area contributed by atoms with Gasteiger partial charge in [0.1, 0.15) is 11.6 Å². The van der Waals surface area contributed by atoms with Crippen molar-refractivity contribution in [1.82, 2.24) is 24.6 Å². The Morgan fingerprint density at radius 2 is 1.84 bits per heavy atom. The van der Waals surface area contributed by atoms with E-state index in [1.165, 1.54) is 32.1 Å². The fourth-order valence-corrected chi connectivity index (χ4v) is 4.31. The van der Waals surface area contributed by atoms with Gasteiger partial charge in [-0.1, -0.05) is 13.3 Å². The minimum Gasteiger partial charge on any atom is -0.390 e. The summed E-state index contributed by atoms with van der Waals surface area (Å²) < 4.78 is 2.04. The molecule has 2 unspecified atom stereocenters. The zero-order chi connectivity index (χ0) is 17.8. The minimum absolute atomic E-state index is 0.257. The van der Waals surface area contributed by atoms with Gasteiger partial charge in [-0.05, 0) is 65.1 Å². The van der Waals surface area contributed by atoms with Crippen molar-refractivity contribution in [3.05, 3.63) is 11.6 Å². The predicted molar refractivity (Wildman–Crippen MR) is 99.6 cm³/mol. The average Bonchev–Trinajstić information content (AvgIpc) is 2.89. The van der Waals surface area contributed by atoms with E-state index in [2.05, 4.69) is 26.8 Å². The first kappa shape index (κ1) is 18.8. The van der Waals surface area contributed by atoms with Crippen molar-refractivity contribution in [3.63, 3.8) is 0 Å². The fourth-order valence-electron chi connectivity index (χ4n) is 4.31. The lowest BCUT2D eigenvalue weighted by Gasteiger charge is -2.38. The number of hydrogen-bond donors (Lipinski definition) is 1. The van der Waals surface area contributed by atoms with Gasteiger partial charge in [0.2, 0.25) is 0 Å². The Hall–Kier alpha value is -0.980. The van der Waals surface area contributed by atoms with Gasteiger partial charge in [0.15, 0.2) is 0 Å². The van der Waals surface area contributed by atoms with Gasteiger partial charge in [-0.3, -0.25) is 4.90 Å². The molecule has 6 nitrogen and oxygen atoms in total. The molecule has 0 amide bonds. The molecule has 1 aromatic rings. The van der Waals surface area contributed by atoms with Crippen LogP contribution in [0.2, 0.25) is 0 Å². The quantitative estimate of drug-likeness (QED) is 0.849. The SMILES string of the molecule is Cc1nc(C)n(CC2CCCCN2CC(O)CN2CCC(C)CC2)n1. The van der Waals surface area contributed by atoms with E-state index in [1.54, 1.807) is 0 Å². The lowest BCUT2D eigenvalue weighted by atomic mass is 9.98. The number of aliphatic hydroxyl groups excluding tert-OH is 1. The molecule has 0 bridgehead atoms. The predicted octanol–water partition coefficient (Wildman–Crippen LogP) is 1.84. The van der Waals surface area contributed by atoms with Crippen LogP contribution in [0.15, 0.2) is 0 Å². The highest BCUT2D eigenvalue weighted by molar-refractivity contribution is 4.90. The van der Waals surface area contributed by atoms with Crippen LogP contribution in [0, 0.1) is 19.8 Å². The zero-order valence-corrected chi connectivity index (χ0v) is 16.2. The molecule has 3 heterocycles. The Morgan fingerprint density at radius 1 is 1.08 bits per heavy atom. The molecule has 0 spiro atoms. The van der Waals surface area contributed by atoms with E-state index in [4.69, 9.17) is 0 Å². The van der Waals surface area contributed by atoms with E-state index in [0.29, 0.717) is 6.04 Å². The van der Waals surface area contributed by atoms with E-state index < -0.39 is 0 Å². The van der Waals surface area contributed by atoms with Crippen molar-refractivity contribution < 1.29 is 5.11 Å². The summed E-state index contributed by atoms with van der Waals surface area (Å²) in [5.74, 6) is 2.68. The number of likely N-dealkylation sites (tertiary alicyclic amines) is 2. The molecule has 0 radical (unpaired) electrons. The third kappa shape index (κ3) is 5.25. The smallest absolute Gasteiger partial charge is 0.147 e. The summed E-state index contributed by atoms with van der Waals surface area (Å²) in [6.07, 6.45) is 5.97. The van der Waals surface area contributed by atoms with Gasteiger partial charge in [0, 0.05) is 19.1 Å². The van der Waals surface area contributed by atoms with Crippen molar-refractivity contribution in [3.8, 4) is 0 Å². The molecule has 142 valence electrons. The molecule has 0 aliphatic carbocycles. The van der Waals surface area contributed by atoms with Crippen molar-refractivity contribution in [2.45, 2.75) is 71.6 Å². The Labute approximate surface area is 152 Å². The van der Waals surface area contributed by atoms with Crippen LogP contribution in [0.5, 0.6) is 0 Å². The summed E-state index contributed by atoms with van der Waals surface area (Å²) in [7, 11) is 0. The summed E-state index contributed by atoms with van der Waals surface area (Å²) in [5, 5.41) is 15.2. The van der Waals surface area contributed by atoms with Gasteiger partial charge >= 0.3 is 0 Å². The molecule has 0 saturated carbocycles. The van der Waals surface area contributed by atoms with Gasteiger partial charge < -0.3 is 10.0 Å². The van der Waals surface area contributed by atoms with Gasteiger partial charge in [0.05, 0.1) is 12.6 Å². The summed E-state index contributed by atoms with van der Waals surface area (Å²) >= 11 is 0. The molecule has 2 atom stereocenters. The van der Waals surface area contributed by atoms with Crippen molar-refractivity contribution in [1.29, 1.82) is 0 Å². The third-order valence-electron chi connectivity index (χ3n) is 5.89. The van der Waals surface area contributed by atoms with Crippen LogP contribution in [0.25, 0.3) is 0 Å². The summed E-state index contributed by atoms with van der Waals surface area (Å²) in [4.78, 5) is 9.35. The number of aliphatic hydroxyl groups is 1. The lowest BCUT2D eigenvalue weighted by molar-refractivity contribution is 0.0321. The fraction of sp³-hybridized carbons (Fsp3) is 0.895. The second-order valence-electron chi connectivity index (χ2n) is 8.17. The highest BCUT2D eigenvalue weighted by Crippen LogP contribution is 2.20. The highest BCUT2D eigenvalue weighted by atomic mass is 16.3. The van der Waals surface area contributed by atoms with Crippen molar-refractivity contribution in [2.75, 3.05) is 32.7 Å². The molecular formula is C19H35N5O. The van der Waals surface area contributed by atoms with Crippen molar-refractivity contribution in [2.24, 2.45) is 5.92 Å². The number of aromatic nitrogens is 3. The summed E-state index contributed by atoms with van der Waals surface area (Å²) in [5.41, 5.74) is 0. The Morgan fingerprint density at radius 3 is 2.52 bits per heavy atom. The number of hydrogen-bond acceptors (Lipinski definition) is 5. The molecule has 2 aliphatic heterocycles. The number of aryl methyl sites for hydroxylation is 2. The van der Waals surface area contributed by atoms with Crippen LogP contribution in [0.1, 0.15) is 50.7 Å². The molecular weight excluding hydrogens is 314 g/mol. The average molecular weight is 350 g/mol. The largest absolute Gasteiger partial charge is 0.390 e. The number of piperidine rings is 2. The normalized spacial score (nSPS) is 25.4. The van der Waals surface area contributed by atoms with E-state index in [-0.39, 0.29) is 6.10 Å². The maximum atomic E-state index is 10.6. The monoisotopic (exact) mass is 349 g/mol. The molecule has 6 heteroatoms. The second-order valence-corrected chi connectivity index (χ2v) is 8.17. The van der Waals surface area contributed by atoms with Crippen LogP contribution >= 0.6 is 0 Å². The Balaban J connectivity index is 1.52. The summed E-state index contributed by atoms with van der Waals surface area (Å²) in [6, 6.07) is 0.463. The molecule has 1 aromatic heterocycles. The van der Waals surface area contributed by atoms with Gasteiger partial charge in [-0.25, -0.2) is 9.67 Å². The van der Waals surface area contributed by atoms with Crippen LogP contribution in [0.3, 0.4) is 0 Å². The molecule has 3 rings (SSSR count). The molecule has 2 aliphatic rings. The topological polar surface area (TPSA) is 57.4 Å². The van der Waals surface area contributed by atoms with E-state index in [9.17, 15) is 5.11 Å². The zero-order valence-electron chi connectivity index (χ0n) is 16.2. The highest BCUT2D eigenvalue weighted by Gasteiger charge is 2.27. The van der Waals surface area contributed by atoms with Crippen molar-refractivity contribution >= 4 is 0 Å². The second kappa shape index (κ2) is 8.60. The number of nitrogens with zero attached hydrogens (tertiary/aromatic N) is 5. The van der Waals surface area contributed by atoms with Gasteiger partial charge in [0.25, 0.3) is 0 Å². The Kier molecular flexibility index (Phi) is 6.47. The molecule has 2 fully saturated rings. The number of rotatable bonds is 6. The molecule has 0 aromatic carbocycles. The number of β-amino-alcohol motifs (C(OH)–C–C–N with tert-alkyl or cyclic N) is 1. The Bertz CT molecular complexity index is 538.